The van der Waals surface area contributed by atoms with Crippen LogP contribution in [0.3, 0.4) is 0 Å². The third-order valence-corrected chi connectivity index (χ3v) is 2.59. The second kappa shape index (κ2) is 4.16. The molecule has 0 radical (unpaired) electrons. The number of carbonyl (C=O) groups excluding carboxylic acids is 1. The van der Waals surface area contributed by atoms with Crippen LogP contribution in [0, 0.1) is 0 Å². The average molecular weight is 181 g/mol. The van der Waals surface area contributed by atoms with Crippen LogP contribution in [0.5, 0.6) is 0 Å². The second-order valence-electron chi connectivity index (χ2n) is 2.48. The SMILES string of the molecule is CC(Sc1ccccc1)C(N)=O. The molecule has 0 heterocycles. The summed E-state index contributed by atoms with van der Waals surface area (Å²) < 4.78 is 0. The van der Waals surface area contributed by atoms with Crippen LogP contribution in [0.1, 0.15) is 6.92 Å². The van der Waals surface area contributed by atoms with Crippen molar-refractivity contribution in [3.05, 3.63) is 30.3 Å². The summed E-state index contributed by atoms with van der Waals surface area (Å²) in [7, 11) is 0. The fraction of sp³-hybridized carbons (Fsp3) is 0.222. The molecule has 1 amide bonds. The van der Waals surface area contributed by atoms with E-state index in [1.807, 2.05) is 30.3 Å². The van der Waals surface area contributed by atoms with Crippen LogP contribution in [-0.4, -0.2) is 11.2 Å². The molecule has 0 aliphatic carbocycles. The molecule has 1 aromatic rings. The maximum atomic E-state index is 10.7. The standard InChI is InChI=1S/C9H11NOS/c1-7(9(10)11)12-8-5-3-2-4-6-8/h2-7H,1H3,(H2,10,11). The van der Waals surface area contributed by atoms with Gasteiger partial charge in [0.2, 0.25) is 5.91 Å². The van der Waals surface area contributed by atoms with Crippen LogP contribution in [0.2, 0.25) is 0 Å². The normalized spacial score (nSPS) is 12.4. The van der Waals surface area contributed by atoms with Gasteiger partial charge in [-0.05, 0) is 19.1 Å². The van der Waals surface area contributed by atoms with Gasteiger partial charge in [0.05, 0.1) is 5.25 Å². The van der Waals surface area contributed by atoms with Crippen molar-refractivity contribution in [3.63, 3.8) is 0 Å². The van der Waals surface area contributed by atoms with Gasteiger partial charge >= 0.3 is 0 Å². The van der Waals surface area contributed by atoms with E-state index < -0.39 is 0 Å². The molecule has 1 atom stereocenters. The van der Waals surface area contributed by atoms with E-state index in [0.29, 0.717) is 0 Å². The highest BCUT2D eigenvalue weighted by molar-refractivity contribution is 8.00. The smallest absolute Gasteiger partial charge is 0.230 e. The van der Waals surface area contributed by atoms with Gasteiger partial charge in [0, 0.05) is 4.90 Å². The van der Waals surface area contributed by atoms with Gasteiger partial charge in [-0.25, -0.2) is 0 Å². The number of thioether (sulfide) groups is 1. The summed E-state index contributed by atoms with van der Waals surface area (Å²) in [5.41, 5.74) is 5.12. The lowest BCUT2D eigenvalue weighted by atomic mass is 10.4. The average Bonchev–Trinajstić information content (AvgIpc) is 2.06. The van der Waals surface area contributed by atoms with E-state index >= 15 is 0 Å². The maximum absolute atomic E-state index is 10.7. The molecule has 12 heavy (non-hydrogen) atoms. The van der Waals surface area contributed by atoms with Crippen LogP contribution < -0.4 is 5.73 Å². The lowest BCUT2D eigenvalue weighted by Gasteiger charge is -2.05. The Kier molecular flexibility index (Phi) is 3.17. The number of amides is 1. The Labute approximate surface area is 76.2 Å². The number of primary amides is 1. The van der Waals surface area contributed by atoms with Crippen molar-refractivity contribution >= 4 is 17.7 Å². The predicted octanol–water partition coefficient (Wildman–Crippen LogP) is 1.65. The van der Waals surface area contributed by atoms with Gasteiger partial charge in [0.1, 0.15) is 0 Å². The summed E-state index contributed by atoms with van der Waals surface area (Å²) in [6, 6.07) is 9.75. The quantitative estimate of drug-likeness (QED) is 0.720. The summed E-state index contributed by atoms with van der Waals surface area (Å²) in [5, 5.41) is -0.160. The zero-order valence-electron chi connectivity index (χ0n) is 6.86. The fourth-order valence-corrected chi connectivity index (χ4v) is 1.60. The van der Waals surface area contributed by atoms with Crippen LogP contribution >= 0.6 is 11.8 Å². The first-order chi connectivity index (χ1) is 5.70. The van der Waals surface area contributed by atoms with Crippen molar-refractivity contribution in [2.45, 2.75) is 17.1 Å². The third kappa shape index (κ3) is 2.58. The molecule has 0 fully saturated rings. The van der Waals surface area contributed by atoms with E-state index in [0.717, 1.165) is 4.90 Å². The molecule has 2 N–H and O–H groups in total. The molecule has 0 aromatic heterocycles. The highest BCUT2D eigenvalue weighted by Gasteiger charge is 2.08. The summed E-state index contributed by atoms with van der Waals surface area (Å²) in [5.74, 6) is -0.274. The molecule has 2 nitrogen and oxygen atoms in total. The molecular weight excluding hydrogens is 170 g/mol. The van der Waals surface area contributed by atoms with Crippen molar-refractivity contribution in [1.29, 1.82) is 0 Å². The largest absolute Gasteiger partial charge is 0.369 e. The monoisotopic (exact) mass is 181 g/mol. The van der Waals surface area contributed by atoms with Crippen LogP contribution in [0.15, 0.2) is 35.2 Å². The highest BCUT2D eigenvalue weighted by atomic mass is 32.2. The summed E-state index contributed by atoms with van der Waals surface area (Å²) >= 11 is 1.48. The van der Waals surface area contributed by atoms with Crippen molar-refractivity contribution in [1.82, 2.24) is 0 Å². The summed E-state index contributed by atoms with van der Waals surface area (Å²) in [6.45, 7) is 1.81. The van der Waals surface area contributed by atoms with Gasteiger partial charge in [-0.1, -0.05) is 18.2 Å². The molecule has 64 valence electrons. The van der Waals surface area contributed by atoms with Crippen LogP contribution in [0.4, 0.5) is 0 Å². The first-order valence-electron chi connectivity index (χ1n) is 3.71. The molecule has 0 aliphatic heterocycles. The summed E-state index contributed by atoms with van der Waals surface area (Å²) in [4.78, 5) is 11.8. The van der Waals surface area contributed by atoms with E-state index in [1.54, 1.807) is 6.92 Å². The topological polar surface area (TPSA) is 43.1 Å². The molecular formula is C9H11NOS. The van der Waals surface area contributed by atoms with E-state index in [-0.39, 0.29) is 11.2 Å². The minimum absolute atomic E-state index is 0.160. The minimum Gasteiger partial charge on any atom is -0.369 e. The minimum atomic E-state index is -0.274. The van der Waals surface area contributed by atoms with E-state index in [2.05, 4.69) is 0 Å². The van der Waals surface area contributed by atoms with Gasteiger partial charge in [-0.2, -0.15) is 0 Å². The third-order valence-electron chi connectivity index (χ3n) is 1.46. The van der Waals surface area contributed by atoms with Crippen molar-refractivity contribution in [2.75, 3.05) is 0 Å². The Morgan fingerprint density at radius 1 is 1.42 bits per heavy atom. The highest BCUT2D eigenvalue weighted by Crippen LogP contribution is 2.21. The predicted molar refractivity (Wildman–Crippen MR) is 51.0 cm³/mol. The Morgan fingerprint density at radius 2 is 2.00 bits per heavy atom. The molecule has 1 rings (SSSR count). The Hall–Kier alpha value is -0.960. The van der Waals surface area contributed by atoms with Crippen LogP contribution in [-0.2, 0) is 4.79 Å². The van der Waals surface area contributed by atoms with Crippen molar-refractivity contribution in [3.8, 4) is 0 Å². The molecule has 0 saturated heterocycles. The lowest BCUT2D eigenvalue weighted by molar-refractivity contribution is -0.117. The van der Waals surface area contributed by atoms with Crippen LogP contribution in [0.25, 0.3) is 0 Å². The zero-order valence-corrected chi connectivity index (χ0v) is 7.67. The number of hydrogen-bond donors (Lipinski definition) is 1. The number of rotatable bonds is 3. The molecule has 0 bridgehead atoms. The van der Waals surface area contributed by atoms with Gasteiger partial charge in [-0.3, -0.25) is 4.79 Å². The number of carbonyl (C=O) groups is 1. The van der Waals surface area contributed by atoms with E-state index in [1.165, 1.54) is 11.8 Å². The molecule has 0 aliphatic rings. The molecule has 1 unspecified atom stereocenters. The molecule has 0 saturated carbocycles. The number of benzene rings is 1. The second-order valence-corrected chi connectivity index (χ2v) is 3.89. The molecule has 0 spiro atoms. The number of hydrogen-bond acceptors (Lipinski definition) is 2. The lowest BCUT2D eigenvalue weighted by Crippen LogP contribution is -2.22. The Morgan fingerprint density at radius 3 is 2.50 bits per heavy atom. The van der Waals surface area contributed by atoms with Crippen molar-refractivity contribution < 1.29 is 4.79 Å². The number of nitrogens with two attached hydrogens (primary N) is 1. The Bertz CT molecular complexity index is 260. The zero-order chi connectivity index (χ0) is 8.97. The van der Waals surface area contributed by atoms with Gasteiger partial charge in [0.15, 0.2) is 0 Å². The van der Waals surface area contributed by atoms with Gasteiger partial charge in [0.25, 0.3) is 0 Å². The van der Waals surface area contributed by atoms with Gasteiger partial charge < -0.3 is 5.73 Å². The molecule has 1 aromatic carbocycles. The Balaban J connectivity index is 2.58. The summed E-state index contributed by atoms with van der Waals surface area (Å²) in [6.07, 6.45) is 0. The molecule has 3 heteroatoms. The first-order valence-corrected chi connectivity index (χ1v) is 4.59. The van der Waals surface area contributed by atoms with Crippen molar-refractivity contribution in [2.24, 2.45) is 5.73 Å². The maximum Gasteiger partial charge on any atom is 0.230 e. The van der Waals surface area contributed by atoms with E-state index in [9.17, 15) is 4.79 Å². The first kappa shape index (κ1) is 9.13. The van der Waals surface area contributed by atoms with E-state index in [4.69, 9.17) is 5.73 Å². The van der Waals surface area contributed by atoms with Gasteiger partial charge in [-0.15, -0.1) is 11.8 Å². The fourth-order valence-electron chi connectivity index (χ4n) is 0.761.